The molecule has 0 N–H and O–H groups in total. The summed E-state index contributed by atoms with van der Waals surface area (Å²) in [6, 6.07) is 5.29. The van der Waals surface area contributed by atoms with E-state index in [0.717, 1.165) is 19.3 Å². The monoisotopic (exact) mass is 258 g/mol. The maximum absolute atomic E-state index is 13.4. The Balaban J connectivity index is 2.04. The molecule has 2 heteroatoms. The lowest BCUT2D eigenvalue weighted by Gasteiger charge is -2.25. The summed E-state index contributed by atoms with van der Waals surface area (Å²) in [6.45, 7) is 6.29. The summed E-state index contributed by atoms with van der Waals surface area (Å²) in [7, 11) is 0. The van der Waals surface area contributed by atoms with Gasteiger partial charge in [-0.25, -0.2) is 8.97 Å². The third-order valence-electron chi connectivity index (χ3n) is 4.45. The van der Waals surface area contributed by atoms with Gasteiger partial charge in [0.15, 0.2) is 5.71 Å². The molecule has 1 saturated heterocycles. The first-order valence-electron chi connectivity index (χ1n) is 7.29. The molecule has 1 aromatic rings. The van der Waals surface area contributed by atoms with Gasteiger partial charge in [0.05, 0.1) is 5.92 Å². The molecule has 0 bridgehead atoms. The number of hydrogen-bond donors (Lipinski definition) is 0. The van der Waals surface area contributed by atoms with Gasteiger partial charge in [0.1, 0.15) is 18.9 Å². The molecule has 1 aliphatic carbocycles. The highest BCUT2D eigenvalue weighted by molar-refractivity contribution is 5.89. The van der Waals surface area contributed by atoms with Crippen molar-refractivity contribution in [2.75, 3.05) is 13.1 Å². The Bertz CT molecular complexity index is 522. The Hall–Kier alpha value is -1.44. The first-order valence-corrected chi connectivity index (χ1v) is 7.29. The molecule has 0 saturated carbocycles. The second kappa shape index (κ2) is 5.28. The van der Waals surface area contributed by atoms with Crippen molar-refractivity contribution in [3.8, 4) is 0 Å². The number of aryl methyl sites for hydroxylation is 1. The Labute approximate surface area is 114 Å². The van der Waals surface area contributed by atoms with Gasteiger partial charge in [0.2, 0.25) is 0 Å². The van der Waals surface area contributed by atoms with E-state index < -0.39 is 0 Å². The molecule has 0 aromatic heterocycles. The molecule has 19 heavy (non-hydrogen) atoms. The van der Waals surface area contributed by atoms with Crippen molar-refractivity contribution in [2.24, 2.45) is 0 Å². The summed E-state index contributed by atoms with van der Waals surface area (Å²) in [5.41, 5.74) is 4.06. The predicted molar refractivity (Wildman–Crippen MR) is 76.5 cm³/mol. The normalized spacial score (nSPS) is 22.5. The Morgan fingerprint density at radius 1 is 1.26 bits per heavy atom. The third kappa shape index (κ3) is 2.36. The van der Waals surface area contributed by atoms with Crippen LogP contribution in [0.1, 0.15) is 42.7 Å². The highest BCUT2D eigenvalue weighted by Gasteiger charge is 2.32. The second-order valence-electron chi connectivity index (χ2n) is 5.61. The van der Waals surface area contributed by atoms with E-state index in [4.69, 9.17) is 0 Å². The van der Waals surface area contributed by atoms with Gasteiger partial charge in [-0.3, -0.25) is 0 Å². The van der Waals surface area contributed by atoms with Gasteiger partial charge in [-0.1, -0.05) is 12.1 Å². The van der Waals surface area contributed by atoms with Crippen molar-refractivity contribution in [1.29, 1.82) is 0 Å². The second-order valence-corrected chi connectivity index (χ2v) is 5.61. The number of rotatable bonds is 2. The highest BCUT2D eigenvalue weighted by Crippen LogP contribution is 2.33. The van der Waals surface area contributed by atoms with Crippen molar-refractivity contribution >= 4 is 5.71 Å². The lowest BCUT2D eigenvalue weighted by atomic mass is 9.79. The predicted octanol–water partition coefficient (Wildman–Crippen LogP) is 3.68. The van der Waals surface area contributed by atoms with E-state index in [0.29, 0.717) is 5.92 Å². The van der Waals surface area contributed by atoms with Gasteiger partial charge < -0.3 is 0 Å². The molecule has 1 atom stereocenters. The summed E-state index contributed by atoms with van der Waals surface area (Å²) in [4.78, 5) is 0. The van der Waals surface area contributed by atoms with Gasteiger partial charge in [-0.15, -0.1) is 6.58 Å². The van der Waals surface area contributed by atoms with E-state index in [9.17, 15) is 4.39 Å². The summed E-state index contributed by atoms with van der Waals surface area (Å²) < 4.78 is 15.9. The van der Waals surface area contributed by atoms with E-state index in [1.807, 2.05) is 12.1 Å². The van der Waals surface area contributed by atoms with Crippen LogP contribution in [0.4, 0.5) is 4.39 Å². The first kappa shape index (κ1) is 12.6. The largest absolute Gasteiger partial charge is 0.236 e. The van der Waals surface area contributed by atoms with Crippen molar-refractivity contribution in [2.45, 2.75) is 38.0 Å². The van der Waals surface area contributed by atoms with Gasteiger partial charge >= 0.3 is 0 Å². The van der Waals surface area contributed by atoms with Crippen molar-refractivity contribution in [3.05, 3.63) is 47.8 Å². The molecular weight excluding hydrogens is 237 g/mol. The van der Waals surface area contributed by atoms with Crippen molar-refractivity contribution < 1.29 is 8.97 Å². The SMILES string of the molecule is C=CCC1C(=[N+]2CCCC2)CCc2cc(F)ccc21. The molecule has 2 aliphatic rings. The van der Waals surface area contributed by atoms with Crippen molar-refractivity contribution in [3.63, 3.8) is 0 Å². The van der Waals surface area contributed by atoms with Crippen LogP contribution in [0.3, 0.4) is 0 Å². The minimum Gasteiger partial charge on any atom is -0.236 e. The minimum absolute atomic E-state index is 0.110. The van der Waals surface area contributed by atoms with Crippen LogP contribution < -0.4 is 0 Å². The summed E-state index contributed by atoms with van der Waals surface area (Å²) in [6.07, 6.45) is 7.63. The molecular formula is C17H21FN+. The van der Waals surface area contributed by atoms with Crippen LogP contribution in [0.2, 0.25) is 0 Å². The topological polar surface area (TPSA) is 3.01 Å². The van der Waals surface area contributed by atoms with Crippen molar-refractivity contribution in [1.82, 2.24) is 0 Å². The van der Waals surface area contributed by atoms with Crippen LogP contribution in [0.15, 0.2) is 30.9 Å². The molecule has 1 fully saturated rings. The molecule has 1 heterocycles. The maximum atomic E-state index is 13.4. The zero-order valence-electron chi connectivity index (χ0n) is 11.4. The fourth-order valence-electron chi connectivity index (χ4n) is 3.56. The van der Waals surface area contributed by atoms with Gasteiger partial charge in [0.25, 0.3) is 0 Å². The Kier molecular flexibility index (Phi) is 3.50. The van der Waals surface area contributed by atoms with Crippen LogP contribution in [0, 0.1) is 5.82 Å². The molecule has 100 valence electrons. The number of benzene rings is 1. The fourth-order valence-corrected chi connectivity index (χ4v) is 3.56. The molecule has 0 radical (unpaired) electrons. The van der Waals surface area contributed by atoms with E-state index in [1.54, 1.807) is 17.8 Å². The lowest BCUT2D eigenvalue weighted by Crippen LogP contribution is -2.29. The number of nitrogens with zero attached hydrogens (tertiary/aromatic N) is 1. The average Bonchev–Trinajstić information content (AvgIpc) is 2.93. The van der Waals surface area contributed by atoms with E-state index in [-0.39, 0.29) is 5.82 Å². The summed E-state index contributed by atoms with van der Waals surface area (Å²) >= 11 is 0. The molecule has 0 spiro atoms. The number of fused-ring (bicyclic) bond motifs is 1. The molecule has 1 aromatic carbocycles. The molecule has 0 amide bonds. The van der Waals surface area contributed by atoms with Crippen LogP contribution in [0.5, 0.6) is 0 Å². The highest BCUT2D eigenvalue weighted by atomic mass is 19.1. The van der Waals surface area contributed by atoms with E-state index in [1.165, 1.54) is 37.1 Å². The quantitative estimate of drug-likeness (QED) is 0.562. The summed E-state index contributed by atoms with van der Waals surface area (Å²) in [5, 5.41) is 0. The first-order chi connectivity index (χ1) is 9.29. The zero-order chi connectivity index (χ0) is 13.2. The standard InChI is InChI=1S/C17H21FN/c1-2-5-16-15-8-7-14(18)12-13(15)6-9-17(16)19-10-3-4-11-19/h2,7-8,12,16H,1,3-6,9-11H2/q+1. The third-order valence-corrected chi connectivity index (χ3v) is 4.45. The van der Waals surface area contributed by atoms with Crippen LogP contribution in [-0.2, 0) is 6.42 Å². The van der Waals surface area contributed by atoms with Crippen LogP contribution >= 0.6 is 0 Å². The molecule has 3 rings (SSSR count). The maximum Gasteiger partial charge on any atom is 0.160 e. The zero-order valence-corrected chi connectivity index (χ0v) is 11.4. The summed E-state index contributed by atoms with van der Waals surface area (Å²) in [5.74, 6) is 0.306. The molecule has 1 aliphatic heterocycles. The number of halogens is 1. The van der Waals surface area contributed by atoms with Gasteiger partial charge in [-0.2, -0.15) is 0 Å². The minimum atomic E-state index is -0.110. The Morgan fingerprint density at radius 2 is 2.05 bits per heavy atom. The van der Waals surface area contributed by atoms with E-state index in [2.05, 4.69) is 11.2 Å². The lowest BCUT2D eigenvalue weighted by molar-refractivity contribution is -0.509. The van der Waals surface area contributed by atoms with Gasteiger partial charge in [-0.05, 0) is 36.1 Å². The fraction of sp³-hybridized carbons (Fsp3) is 0.471. The molecule has 1 nitrogen and oxygen atoms in total. The number of hydrogen-bond acceptors (Lipinski definition) is 0. The average molecular weight is 258 g/mol. The van der Waals surface area contributed by atoms with Gasteiger partial charge in [0, 0.05) is 19.3 Å². The molecule has 1 unspecified atom stereocenters. The van der Waals surface area contributed by atoms with Crippen LogP contribution in [0.25, 0.3) is 0 Å². The smallest absolute Gasteiger partial charge is 0.160 e. The Morgan fingerprint density at radius 3 is 2.79 bits per heavy atom. The van der Waals surface area contributed by atoms with Crippen LogP contribution in [-0.4, -0.2) is 23.4 Å². The van der Waals surface area contributed by atoms with E-state index >= 15 is 0 Å². The number of allylic oxidation sites excluding steroid dienone is 1.